The Kier molecular flexibility index (Phi) is 4.19. The molecule has 1 unspecified atom stereocenters. The molecule has 4 rings (SSSR count). The van der Waals surface area contributed by atoms with Crippen LogP contribution in [0.3, 0.4) is 0 Å². The van der Waals surface area contributed by atoms with Crippen molar-refractivity contribution in [2.75, 3.05) is 6.54 Å². The number of nitrogens with zero attached hydrogens (tertiary/aromatic N) is 2. The van der Waals surface area contributed by atoms with Gasteiger partial charge in [-0.2, -0.15) is 0 Å². The predicted molar refractivity (Wildman–Crippen MR) is 91.1 cm³/mol. The van der Waals surface area contributed by atoms with E-state index in [1.807, 2.05) is 0 Å². The molecule has 0 saturated carbocycles. The van der Waals surface area contributed by atoms with E-state index in [9.17, 15) is 10.0 Å². The third kappa shape index (κ3) is 2.45. The summed E-state index contributed by atoms with van der Waals surface area (Å²) in [6, 6.07) is 8.70. The highest BCUT2D eigenvalue weighted by Crippen LogP contribution is 2.44. The van der Waals surface area contributed by atoms with Crippen LogP contribution in [0.4, 0.5) is 0 Å². The quantitative estimate of drug-likeness (QED) is 0.584. The van der Waals surface area contributed by atoms with Crippen LogP contribution in [0.25, 0.3) is 0 Å². The second-order valence-corrected chi connectivity index (χ2v) is 6.67. The summed E-state index contributed by atoms with van der Waals surface area (Å²) >= 11 is 0. The van der Waals surface area contributed by atoms with Gasteiger partial charge >= 0.3 is 0 Å². The number of carbonyl (C=O) groups is 1. The lowest BCUT2D eigenvalue weighted by Gasteiger charge is -2.46. The molecular formula is C18H21ClN2O2. The molecule has 1 aliphatic carbocycles. The van der Waals surface area contributed by atoms with Crippen molar-refractivity contribution in [3.63, 3.8) is 0 Å². The first kappa shape index (κ1) is 16.1. The van der Waals surface area contributed by atoms with Crippen LogP contribution >= 0.6 is 12.4 Å². The SMILES string of the molecule is C[C@@H]1CC(=O)C2=C(C1)N1CCc3ccccc3C1C/C2=N\O.Cl. The number of hydrogen-bond acceptors (Lipinski definition) is 4. The van der Waals surface area contributed by atoms with Gasteiger partial charge in [0.2, 0.25) is 0 Å². The molecule has 0 radical (unpaired) electrons. The fraction of sp³-hybridized carbons (Fsp3) is 0.444. The summed E-state index contributed by atoms with van der Waals surface area (Å²) in [7, 11) is 0. The van der Waals surface area contributed by atoms with Gasteiger partial charge < -0.3 is 10.1 Å². The fourth-order valence-corrected chi connectivity index (χ4v) is 4.24. The van der Waals surface area contributed by atoms with Gasteiger partial charge in [0.05, 0.1) is 17.3 Å². The van der Waals surface area contributed by atoms with Gasteiger partial charge in [-0.1, -0.05) is 36.3 Å². The van der Waals surface area contributed by atoms with Crippen molar-refractivity contribution in [1.29, 1.82) is 0 Å². The number of fused-ring (bicyclic) bond motifs is 4. The summed E-state index contributed by atoms with van der Waals surface area (Å²) in [6.07, 6.45) is 3.09. The maximum absolute atomic E-state index is 12.5. The monoisotopic (exact) mass is 332 g/mol. The molecule has 0 spiro atoms. The normalized spacial score (nSPS) is 28.0. The second kappa shape index (κ2) is 6.00. The van der Waals surface area contributed by atoms with Gasteiger partial charge in [-0.25, -0.2) is 0 Å². The zero-order valence-electron chi connectivity index (χ0n) is 13.2. The van der Waals surface area contributed by atoms with E-state index in [4.69, 9.17) is 0 Å². The van der Waals surface area contributed by atoms with Crippen LogP contribution in [-0.4, -0.2) is 28.1 Å². The summed E-state index contributed by atoms with van der Waals surface area (Å²) in [5.74, 6) is 0.501. The van der Waals surface area contributed by atoms with Gasteiger partial charge in [-0.15, -0.1) is 12.4 Å². The smallest absolute Gasteiger partial charge is 0.166 e. The molecule has 2 aliphatic heterocycles. The molecule has 2 atom stereocenters. The van der Waals surface area contributed by atoms with E-state index < -0.39 is 0 Å². The Bertz CT molecular complexity index is 711. The minimum absolute atomic E-state index is 0. The molecule has 3 aliphatic rings. The highest BCUT2D eigenvalue weighted by Gasteiger charge is 2.41. The Morgan fingerprint density at radius 2 is 2.00 bits per heavy atom. The van der Waals surface area contributed by atoms with Crippen LogP contribution in [0.1, 0.15) is 43.4 Å². The molecule has 2 heterocycles. The van der Waals surface area contributed by atoms with Gasteiger partial charge in [-0.05, 0) is 29.9 Å². The summed E-state index contributed by atoms with van der Waals surface area (Å²) < 4.78 is 0. The van der Waals surface area contributed by atoms with E-state index in [1.54, 1.807) is 0 Å². The number of benzene rings is 1. The molecule has 1 N–H and O–H groups in total. The van der Waals surface area contributed by atoms with Gasteiger partial charge in [0.1, 0.15) is 0 Å². The molecule has 0 bridgehead atoms. The minimum Gasteiger partial charge on any atom is -0.411 e. The maximum Gasteiger partial charge on any atom is 0.166 e. The Hall–Kier alpha value is -1.81. The molecule has 23 heavy (non-hydrogen) atoms. The molecule has 122 valence electrons. The van der Waals surface area contributed by atoms with Crippen LogP contribution in [0, 0.1) is 5.92 Å². The summed E-state index contributed by atoms with van der Waals surface area (Å²) in [6.45, 7) is 3.07. The topological polar surface area (TPSA) is 52.9 Å². The number of carbonyl (C=O) groups excluding carboxylic acids is 1. The number of allylic oxidation sites excluding steroid dienone is 2. The van der Waals surface area contributed by atoms with Crippen LogP contribution < -0.4 is 0 Å². The third-order valence-electron chi connectivity index (χ3n) is 5.20. The number of hydrogen-bond donors (Lipinski definition) is 1. The van der Waals surface area contributed by atoms with Gasteiger partial charge in [0.25, 0.3) is 0 Å². The molecule has 0 fully saturated rings. The predicted octanol–water partition coefficient (Wildman–Crippen LogP) is 3.49. The molecule has 0 saturated heterocycles. The first-order valence-electron chi connectivity index (χ1n) is 8.01. The van der Waals surface area contributed by atoms with Gasteiger partial charge in [-0.3, -0.25) is 4.79 Å². The van der Waals surface area contributed by atoms with Crippen molar-refractivity contribution in [3.05, 3.63) is 46.7 Å². The van der Waals surface area contributed by atoms with Gasteiger partial charge in [0.15, 0.2) is 5.78 Å². The van der Waals surface area contributed by atoms with Crippen molar-refractivity contribution in [2.45, 2.75) is 38.6 Å². The lowest BCUT2D eigenvalue weighted by atomic mass is 9.77. The van der Waals surface area contributed by atoms with Crippen LogP contribution in [0.15, 0.2) is 40.7 Å². The largest absolute Gasteiger partial charge is 0.411 e. The minimum atomic E-state index is 0. The van der Waals surface area contributed by atoms with Gasteiger partial charge in [0, 0.05) is 25.1 Å². The number of Topliss-reactive ketones (excluding diaryl/α,β-unsaturated/α-hetero) is 1. The zero-order chi connectivity index (χ0) is 15.3. The van der Waals surface area contributed by atoms with Crippen LogP contribution in [0.2, 0.25) is 0 Å². The van der Waals surface area contributed by atoms with E-state index >= 15 is 0 Å². The summed E-state index contributed by atoms with van der Waals surface area (Å²) in [5.41, 5.74) is 5.05. The average molecular weight is 333 g/mol. The Morgan fingerprint density at radius 1 is 1.22 bits per heavy atom. The zero-order valence-corrected chi connectivity index (χ0v) is 14.0. The van der Waals surface area contributed by atoms with E-state index in [1.165, 1.54) is 11.1 Å². The van der Waals surface area contributed by atoms with E-state index in [-0.39, 0.29) is 24.2 Å². The second-order valence-electron chi connectivity index (χ2n) is 6.67. The molecule has 1 aromatic rings. The van der Waals surface area contributed by atoms with Crippen LogP contribution in [0.5, 0.6) is 0 Å². The number of ketones is 1. The fourth-order valence-electron chi connectivity index (χ4n) is 4.24. The first-order chi connectivity index (χ1) is 10.7. The van der Waals surface area contributed by atoms with Crippen molar-refractivity contribution in [2.24, 2.45) is 11.1 Å². The molecule has 0 aromatic heterocycles. The van der Waals surface area contributed by atoms with E-state index in [0.29, 0.717) is 30.0 Å². The maximum atomic E-state index is 12.5. The Labute approximate surface area is 142 Å². The highest BCUT2D eigenvalue weighted by atomic mass is 35.5. The van der Waals surface area contributed by atoms with Crippen molar-refractivity contribution < 1.29 is 10.0 Å². The standard InChI is InChI=1S/C18H20N2O2.ClH/c1-11-8-16-18(17(21)9-11)14(19-22)10-15-13-5-3-2-4-12(13)6-7-20(15)16;/h2-5,11,15,22H,6-10H2,1H3;1H/b19-14+;/t11-,15?;/m0./s1. The number of rotatable bonds is 0. The average Bonchev–Trinajstić information content (AvgIpc) is 2.53. The third-order valence-corrected chi connectivity index (χ3v) is 5.20. The molecule has 4 nitrogen and oxygen atoms in total. The Balaban J connectivity index is 0.00000156. The van der Waals surface area contributed by atoms with Crippen LogP contribution in [-0.2, 0) is 11.2 Å². The lowest BCUT2D eigenvalue weighted by molar-refractivity contribution is -0.116. The molecule has 0 amide bonds. The molecule has 1 aromatic carbocycles. The van der Waals surface area contributed by atoms with Crippen molar-refractivity contribution in [1.82, 2.24) is 4.90 Å². The number of halogens is 1. The van der Waals surface area contributed by atoms with Crippen molar-refractivity contribution >= 4 is 23.9 Å². The Morgan fingerprint density at radius 3 is 2.78 bits per heavy atom. The summed E-state index contributed by atoms with van der Waals surface area (Å²) in [5, 5.41) is 12.9. The van der Waals surface area contributed by atoms with E-state index in [0.717, 1.165) is 25.1 Å². The first-order valence-corrected chi connectivity index (χ1v) is 8.01. The molecule has 5 heteroatoms. The van der Waals surface area contributed by atoms with E-state index in [2.05, 4.69) is 41.2 Å². The highest BCUT2D eigenvalue weighted by molar-refractivity contribution is 6.23. The number of oxime groups is 1. The molecular weight excluding hydrogens is 312 g/mol. The summed E-state index contributed by atoms with van der Waals surface area (Å²) in [4.78, 5) is 14.8. The van der Waals surface area contributed by atoms with Crippen molar-refractivity contribution in [3.8, 4) is 0 Å². The lowest BCUT2D eigenvalue weighted by Crippen LogP contribution is -2.44.